The molecular formula is C40H27NS. The van der Waals surface area contributed by atoms with Crippen molar-refractivity contribution in [3.8, 4) is 33.4 Å². The van der Waals surface area contributed by atoms with Gasteiger partial charge in [0.15, 0.2) is 0 Å². The minimum absolute atomic E-state index is 1.09. The summed E-state index contributed by atoms with van der Waals surface area (Å²) >= 11 is 1.85. The van der Waals surface area contributed by atoms with Gasteiger partial charge in [-0.2, -0.15) is 0 Å². The van der Waals surface area contributed by atoms with Gasteiger partial charge in [0.2, 0.25) is 0 Å². The van der Waals surface area contributed by atoms with E-state index in [1.807, 2.05) is 11.3 Å². The predicted octanol–water partition coefficient (Wildman–Crippen LogP) is 12.0. The lowest BCUT2D eigenvalue weighted by atomic mass is 9.95. The van der Waals surface area contributed by atoms with Gasteiger partial charge in [-0.15, -0.1) is 11.3 Å². The maximum absolute atomic E-state index is 3.67. The van der Waals surface area contributed by atoms with E-state index in [2.05, 4.69) is 163 Å². The monoisotopic (exact) mass is 553 g/mol. The van der Waals surface area contributed by atoms with Crippen molar-refractivity contribution in [2.45, 2.75) is 0 Å². The Balaban J connectivity index is 1.02. The zero-order valence-corrected chi connectivity index (χ0v) is 23.7. The van der Waals surface area contributed by atoms with Crippen LogP contribution in [0.3, 0.4) is 0 Å². The normalized spacial score (nSPS) is 11.3. The zero-order chi connectivity index (χ0) is 27.9. The van der Waals surface area contributed by atoms with E-state index in [1.54, 1.807) is 0 Å². The number of hydrogen-bond acceptors (Lipinski definition) is 2. The molecule has 0 aliphatic rings. The van der Waals surface area contributed by atoms with Crippen LogP contribution in [0.15, 0.2) is 158 Å². The van der Waals surface area contributed by atoms with Crippen molar-refractivity contribution in [2.75, 3.05) is 5.32 Å². The molecule has 0 saturated carbocycles. The average molecular weight is 554 g/mol. The van der Waals surface area contributed by atoms with Gasteiger partial charge in [0.05, 0.1) is 0 Å². The fraction of sp³-hybridized carbons (Fsp3) is 0. The van der Waals surface area contributed by atoms with Gasteiger partial charge in [-0.05, 0) is 74.5 Å². The lowest BCUT2D eigenvalue weighted by molar-refractivity contribution is 1.56. The molecule has 8 rings (SSSR count). The molecule has 0 fully saturated rings. The molecule has 1 heterocycles. The fourth-order valence-corrected chi connectivity index (χ4v) is 7.09. The SMILES string of the molecule is c1ccc2c(-c3ccc(-c4ccc(-c5ccc(Nc6cccc7sc8ccccc8c67)cc5)cc4)cc3)cccc2c1. The van der Waals surface area contributed by atoms with Crippen LogP contribution in [0.4, 0.5) is 11.4 Å². The van der Waals surface area contributed by atoms with E-state index in [9.17, 15) is 0 Å². The second kappa shape index (κ2) is 10.3. The Hall–Kier alpha value is -5.18. The Labute approximate surface area is 249 Å². The summed E-state index contributed by atoms with van der Waals surface area (Å²) in [5, 5.41) is 8.83. The maximum Gasteiger partial charge on any atom is 0.0478 e. The lowest BCUT2D eigenvalue weighted by Gasteiger charge is -2.11. The predicted molar refractivity (Wildman–Crippen MR) is 183 cm³/mol. The van der Waals surface area contributed by atoms with Gasteiger partial charge in [0.25, 0.3) is 0 Å². The Morgan fingerprint density at radius 3 is 1.62 bits per heavy atom. The number of thiophene rings is 1. The van der Waals surface area contributed by atoms with Crippen molar-refractivity contribution < 1.29 is 0 Å². The molecule has 1 aromatic heterocycles. The molecule has 7 aromatic carbocycles. The molecule has 0 amide bonds. The van der Waals surface area contributed by atoms with Crippen molar-refractivity contribution in [1.82, 2.24) is 0 Å². The Kier molecular flexibility index (Phi) is 6.05. The van der Waals surface area contributed by atoms with Crippen LogP contribution in [0.2, 0.25) is 0 Å². The number of nitrogens with one attached hydrogen (secondary N) is 1. The van der Waals surface area contributed by atoms with E-state index >= 15 is 0 Å². The van der Waals surface area contributed by atoms with Gasteiger partial charge in [-0.3, -0.25) is 0 Å². The molecular weight excluding hydrogens is 527 g/mol. The molecule has 0 atom stereocenters. The third-order valence-corrected chi connectivity index (χ3v) is 9.24. The highest BCUT2D eigenvalue weighted by Crippen LogP contribution is 2.39. The van der Waals surface area contributed by atoms with E-state index in [-0.39, 0.29) is 0 Å². The third-order valence-electron chi connectivity index (χ3n) is 8.10. The van der Waals surface area contributed by atoms with Crippen molar-refractivity contribution in [1.29, 1.82) is 0 Å². The molecule has 2 heteroatoms. The van der Waals surface area contributed by atoms with Crippen LogP contribution in [0, 0.1) is 0 Å². The van der Waals surface area contributed by atoms with Crippen molar-refractivity contribution >= 4 is 53.7 Å². The Morgan fingerprint density at radius 2 is 0.905 bits per heavy atom. The second-order valence-electron chi connectivity index (χ2n) is 10.7. The molecule has 42 heavy (non-hydrogen) atoms. The summed E-state index contributed by atoms with van der Waals surface area (Å²) in [5.74, 6) is 0. The first-order valence-electron chi connectivity index (χ1n) is 14.3. The van der Waals surface area contributed by atoms with Crippen LogP contribution in [0.25, 0.3) is 64.3 Å². The summed E-state index contributed by atoms with van der Waals surface area (Å²) in [5.41, 5.74) is 9.61. The van der Waals surface area contributed by atoms with E-state index in [0.717, 1.165) is 11.4 Å². The van der Waals surface area contributed by atoms with Gasteiger partial charge in [-0.1, -0.05) is 127 Å². The Bertz CT molecular complexity index is 2180. The quantitative estimate of drug-likeness (QED) is 0.223. The topological polar surface area (TPSA) is 12.0 Å². The molecule has 0 bridgehead atoms. The highest BCUT2D eigenvalue weighted by molar-refractivity contribution is 7.25. The number of hydrogen-bond donors (Lipinski definition) is 1. The highest BCUT2D eigenvalue weighted by atomic mass is 32.1. The number of rotatable bonds is 5. The molecule has 1 nitrogen and oxygen atoms in total. The molecule has 0 aliphatic carbocycles. The minimum Gasteiger partial charge on any atom is -0.355 e. The van der Waals surface area contributed by atoms with E-state index in [1.165, 1.54) is 64.3 Å². The second-order valence-corrected chi connectivity index (χ2v) is 11.7. The van der Waals surface area contributed by atoms with Gasteiger partial charge < -0.3 is 5.32 Å². The van der Waals surface area contributed by atoms with Gasteiger partial charge in [-0.25, -0.2) is 0 Å². The van der Waals surface area contributed by atoms with Crippen LogP contribution < -0.4 is 5.32 Å². The minimum atomic E-state index is 1.09. The van der Waals surface area contributed by atoms with Crippen LogP contribution >= 0.6 is 11.3 Å². The smallest absolute Gasteiger partial charge is 0.0478 e. The molecule has 0 aliphatic heterocycles. The molecule has 0 spiro atoms. The summed E-state index contributed by atoms with van der Waals surface area (Å²) in [6.45, 7) is 0. The van der Waals surface area contributed by atoms with Crippen LogP contribution in [0.5, 0.6) is 0 Å². The molecule has 0 radical (unpaired) electrons. The molecule has 198 valence electrons. The summed E-state index contributed by atoms with van der Waals surface area (Å²) < 4.78 is 2.63. The highest BCUT2D eigenvalue weighted by Gasteiger charge is 2.10. The first-order chi connectivity index (χ1) is 20.8. The average Bonchev–Trinajstić information content (AvgIpc) is 3.45. The third kappa shape index (κ3) is 4.43. The Morgan fingerprint density at radius 1 is 0.381 bits per heavy atom. The first-order valence-corrected chi connectivity index (χ1v) is 15.1. The zero-order valence-electron chi connectivity index (χ0n) is 22.9. The number of fused-ring (bicyclic) bond motifs is 4. The number of anilines is 2. The van der Waals surface area contributed by atoms with Gasteiger partial charge in [0, 0.05) is 31.5 Å². The standard InChI is InChI=1S/C40H27NS/c1-2-9-34-31(7-1)8-5-11-35(34)32-21-19-29(20-22-32)27-15-17-28(18-16-27)30-23-25-33(26-24-30)41-37-12-6-14-39-40(37)36-10-3-4-13-38(36)42-39/h1-26,41H. The van der Waals surface area contributed by atoms with Crippen molar-refractivity contribution in [3.05, 3.63) is 158 Å². The van der Waals surface area contributed by atoms with Crippen molar-refractivity contribution in [2.24, 2.45) is 0 Å². The fourth-order valence-electron chi connectivity index (χ4n) is 5.95. The van der Waals surface area contributed by atoms with E-state index < -0.39 is 0 Å². The molecule has 1 N–H and O–H groups in total. The molecule has 0 unspecified atom stereocenters. The number of benzene rings is 7. The van der Waals surface area contributed by atoms with Crippen molar-refractivity contribution in [3.63, 3.8) is 0 Å². The first kappa shape index (κ1) is 24.6. The lowest BCUT2D eigenvalue weighted by Crippen LogP contribution is -1.91. The van der Waals surface area contributed by atoms with E-state index in [0.29, 0.717) is 0 Å². The summed E-state index contributed by atoms with van der Waals surface area (Å²) in [7, 11) is 0. The largest absolute Gasteiger partial charge is 0.355 e. The van der Waals surface area contributed by atoms with Crippen LogP contribution in [-0.2, 0) is 0 Å². The van der Waals surface area contributed by atoms with E-state index in [4.69, 9.17) is 0 Å². The summed E-state index contributed by atoms with van der Waals surface area (Å²) in [4.78, 5) is 0. The van der Waals surface area contributed by atoms with Crippen LogP contribution in [-0.4, -0.2) is 0 Å². The molecule has 0 saturated heterocycles. The van der Waals surface area contributed by atoms with Gasteiger partial charge >= 0.3 is 0 Å². The van der Waals surface area contributed by atoms with Gasteiger partial charge in [0.1, 0.15) is 0 Å². The maximum atomic E-state index is 3.67. The summed E-state index contributed by atoms with van der Waals surface area (Å²) in [6.07, 6.45) is 0. The van der Waals surface area contributed by atoms with Crippen LogP contribution in [0.1, 0.15) is 0 Å². The molecule has 8 aromatic rings. The summed E-state index contributed by atoms with van der Waals surface area (Å²) in [6, 6.07) is 56.8.